The van der Waals surface area contributed by atoms with Crippen LogP contribution in [0.4, 0.5) is 0 Å². The number of aliphatic hydroxyl groups excluding tert-OH is 1. The lowest BCUT2D eigenvalue weighted by Crippen LogP contribution is -2.45. The summed E-state index contributed by atoms with van der Waals surface area (Å²) in [6.07, 6.45) is -0.821. The summed E-state index contributed by atoms with van der Waals surface area (Å²) in [5.74, 6) is -0.111. The van der Waals surface area contributed by atoms with E-state index in [1.807, 2.05) is 48.5 Å². The van der Waals surface area contributed by atoms with Crippen LogP contribution < -0.4 is 5.32 Å². The fourth-order valence-corrected chi connectivity index (χ4v) is 5.22. The van der Waals surface area contributed by atoms with Crippen LogP contribution >= 0.6 is 0 Å². The molecule has 0 aromatic heterocycles. The summed E-state index contributed by atoms with van der Waals surface area (Å²) in [6.45, 7) is 2.81. The van der Waals surface area contributed by atoms with Gasteiger partial charge in [-0.15, -0.1) is 0 Å². The minimum absolute atomic E-state index is 0.0275. The summed E-state index contributed by atoms with van der Waals surface area (Å²) in [6, 6.07) is 19.8. The van der Waals surface area contributed by atoms with Gasteiger partial charge in [-0.1, -0.05) is 60.7 Å². The normalized spacial score (nSPS) is 21.9. The molecule has 0 bridgehead atoms. The lowest BCUT2D eigenvalue weighted by molar-refractivity contribution is 0.0786. The van der Waals surface area contributed by atoms with E-state index < -0.39 is 15.9 Å². The van der Waals surface area contributed by atoms with Crippen molar-refractivity contribution in [1.29, 1.82) is 0 Å². The Bertz CT molecular complexity index is 781. The van der Waals surface area contributed by atoms with Crippen molar-refractivity contribution in [1.82, 2.24) is 10.2 Å². The number of hydrogen-bond acceptors (Lipinski definition) is 5. The average molecular weight is 375 g/mol. The lowest BCUT2D eigenvalue weighted by atomic mass is 10.1. The standard InChI is InChI=1S/C20H26N2O3S/c23-20-16-26(24,25)15-19(20)22(14-18-9-5-2-6-10-18)12-11-21-13-17-7-3-1-4-8-17/h1-10,19-21,23H,11-16H2/t19-,20-/m0/s1. The highest BCUT2D eigenvalue weighted by Gasteiger charge is 2.39. The third kappa shape index (κ3) is 5.38. The van der Waals surface area contributed by atoms with Gasteiger partial charge in [-0.3, -0.25) is 4.90 Å². The fraction of sp³-hybridized carbons (Fsp3) is 0.400. The third-order valence-corrected chi connectivity index (χ3v) is 6.44. The van der Waals surface area contributed by atoms with E-state index in [4.69, 9.17) is 0 Å². The van der Waals surface area contributed by atoms with Crippen molar-refractivity contribution < 1.29 is 13.5 Å². The van der Waals surface area contributed by atoms with E-state index in [2.05, 4.69) is 22.3 Å². The van der Waals surface area contributed by atoms with Gasteiger partial charge in [-0.2, -0.15) is 0 Å². The number of nitrogens with one attached hydrogen (secondary N) is 1. The van der Waals surface area contributed by atoms with Crippen molar-refractivity contribution in [3.05, 3.63) is 71.8 Å². The molecule has 6 heteroatoms. The summed E-state index contributed by atoms with van der Waals surface area (Å²) in [5.41, 5.74) is 2.33. The molecule has 1 aliphatic rings. The van der Waals surface area contributed by atoms with E-state index in [0.717, 1.165) is 18.7 Å². The minimum Gasteiger partial charge on any atom is -0.390 e. The Morgan fingerprint density at radius 3 is 2.15 bits per heavy atom. The zero-order chi connectivity index (χ0) is 18.4. The Morgan fingerprint density at radius 2 is 1.58 bits per heavy atom. The summed E-state index contributed by atoms with van der Waals surface area (Å²) in [5, 5.41) is 13.7. The molecule has 0 amide bonds. The molecular formula is C20H26N2O3S. The van der Waals surface area contributed by atoms with Gasteiger partial charge in [0.05, 0.1) is 23.7 Å². The van der Waals surface area contributed by atoms with Crippen LogP contribution in [0.3, 0.4) is 0 Å². The van der Waals surface area contributed by atoms with E-state index in [0.29, 0.717) is 13.1 Å². The summed E-state index contributed by atoms with van der Waals surface area (Å²) >= 11 is 0. The SMILES string of the molecule is O=S1(=O)C[C@H](O)[C@@H](N(CCNCc2ccccc2)Cc2ccccc2)C1. The minimum atomic E-state index is -3.17. The van der Waals surface area contributed by atoms with E-state index in [9.17, 15) is 13.5 Å². The molecule has 2 aromatic rings. The highest BCUT2D eigenvalue weighted by Crippen LogP contribution is 2.20. The van der Waals surface area contributed by atoms with Crippen LogP contribution in [0.2, 0.25) is 0 Å². The maximum absolute atomic E-state index is 11.9. The quantitative estimate of drug-likeness (QED) is 0.684. The topological polar surface area (TPSA) is 69.6 Å². The second-order valence-corrected chi connectivity index (χ2v) is 8.98. The number of aliphatic hydroxyl groups is 1. The smallest absolute Gasteiger partial charge is 0.154 e. The first-order chi connectivity index (χ1) is 12.5. The molecule has 0 aliphatic carbocycles. The lowest BCUT2D eigenvalue weighted by Gasteiger charge is -2.30. The number of sulfone groups is 1. The molecule has 0 unspecified atom stereocenters. The maximum atomic E-state index is 11.9. The second-order valence-electron chi connectivity index (χ2n) is 6.83. The van der Waals surface area contributed by atoms with Gasteiger partial charge >= 0.3 is 0 Å². The third-order valence-electron chi connectivity index (χ3n) is 4.74. The van der Waals surface area contributed by atoms with E-state index in [1.54, 1.807) is 0 Å². The molecule has 0 radical (unpaired) electrons. The van der Waals surface area contributed by atoms with E-state index in [1.165, 1.54) is 5.56 Å². The highest BCUT2D eigenvalue weighted by molar-refractivity contribution is 7.91. The molecule has 1 aliphatic heterocycles. The zero-order valence-corrected chi connectivity index (χ0v) is 15.6. The van der Waals surface area contributed by atoms with Gasteiger partial charge in [0, 0.05) is 26.2 Å². The number of rotatable bonds is 8. The highest BCUT2D eigenvalue weighted by atomic mass is 32.2. The Morgan fingerprint density at radius 1 is 0.962 bits per heavy atom. The second kappa shape index (κ2) is 8.77. The largest absolute Gasteiger partial charge is 0.390 e. The van der Waals surface area contributed by atoms with Crippen molar-refractivity contribution in [2.24, 2.45) is 0 Å². The number of nitrogens with zero attached hydrogens (tertiary/aromatic N) is 1. The molecule has 140 valence electrons. The predicted molar refractivity (Wildman–Crippen MR) is 103 cm³/mol. The van der Waals surface area contributed by atoms with Crippen LogP contribution in [0.15, 0.2) is 60.7 Å². The summed E-state index contributed by atoms with van der Waals surface area (Å²) < 4.78 is 23.8. The zero-order valence-electron chi connectivity index (χ0n) is 14.8. The van der Waals surface area contributed by atoms with Crippen LogP contribution in [0.25, 0.3) is 0 Å². The van der Waals surface area contributed by atoms with Crippen LogP contribution in [0, 0.1) is 0 Å². The molecule has 1 fully saturated rings. The summed E-state index contributed by atoms with van der Waals surface area (Å²) in [7, 11) is -3.17. The maximum Gasteiger partial charge on any atom is 0.154 e. The fourth-order valence-electron chi connectivity index (χ4n) is 3.39. The van der Waals surface area contributed by atoms with Crippen LogP contribution in [0.1, 0.15) is 11.1 Å². The van der Waals surface area contributed by atoms with Crippen molar-refractivity contribution >= 4 is 9.84 Å². The molecule has 3 rings (SSSR count). The van der Waals surface area contributed by atoms with Crippen molar-refractivity contribution in [3.63, 3.8) is 0 Å². The Hall–Kier alpha value is -1.73. The first kappa shape index (κ1) is 19.0. The molecule has 2 atom stereocenters. The van der Waals surface area contributed by atoms with Crippen molar-refractivity contribution in [2.75, 3.05) is 24.6 Å². The van der Waals surface area contributed by atoms with Gasteiger partial charge in [0.2, 0.25) is 0 Å². The molecule has 26 heavy (non-hydrogen) atoms. The van der Waals surface area contributed by atoms with Gasteiger partial charge in [-0.25, -0.2) is 8.42 Å². The van der Waals surface area contributed by atoms with Crippen LogP contribution in [-0.4, -0.2) is 55.2 Å². The molecule has 0 saturated carbocycles. The van der Waals surface area contributed by atoms with Gasteiger partial charge < -0.3 is 10.4 Å². The predicted octanol–water partition coefficient (Wildman–Crippen LogP) is 1.44. The molecule has 1 heterocycles. The van der Waals surface area contributed by atoms with Gasteiger partial charge in [0.25, 0.3) is 0 Å². The van der Waals surface area contributed by atoms with Gasteiger partial charge in [0.1, 0.15) is 0 Å². The monoisotopic (exact) mass is 374 g/mol. The van der Waals surface area contributed by atoms with Gasteiger partial charge in [0.15, 0.2) is 9.84 Å². The number of benzene rings is 2. The van der Waals surface area contributed by atoms with E-state index >= 15 is 0 Å². The Labute approximate surface area is 155 Å². The molecule has 0 spiro atoms. The van der Waals surface area contributed by atoms with E-state index in [-0.39, 0.29) is 17.5 Å². The average Bonchev–Trinajstić information content (AvgIpc) is 2.92. The van der Waals surface area contributed by atoms with Crippen molar-refractivity contribution in [3.8, 4) is 0 Å². The van der Waals surface area contributed by atoms with Crippen LogP contribution in [0.5, 0.6) is 0 Å². The molecule has 5 nitrogen and oxygen atoms in total. The Kier molecular flexibility index (Phi) is 6.43. The summed E-state index contributed by atoms with van der Waals surface area (Å²) in [4.78, 5) is 2.09. The van der Waals surface area contributed by atoms with Gasteiger partial charge in [-0.05, 0) is 11.1 Å². The molecule has 2 aromatic carbocycles. The molecule has 2 N–H and O–H groups in total. The van der Waals surface area contributed by atoms with Crippen molar-refractivity contribution in [2.45, 2.75) is 25.2 Å². The first-order valence-corrected chi connectivity index (χ1v) is 10.8. The molecule has 1 saturated heterocycles. The number of hydrogen-bond donors (Lipinski definition) is 2. The molecular weight excluding hydrogens is 348 g/mol. The Balaban J connectivity index is 1.61. The first-order valence-electron chi connectivity index (χ1n) is 8.94. The van der Waals surface area contributed by atoms with Crippen LogP contribution in [-0.2, 0) is 22.9 Å².